The topological polar surface area (TPSA) is 99.5 Å². The molecule has 0 aliphatic carbocycles. The molecule has 0 bridgehead atoms. The van der Waals surface area contributed by atoms with E-state index in [4.69, 9.17) is 10.2 Å². The summed E-state index contributed by atoms with van der Waals surface area (Å²) in [4.78, 5) is 25.5. The van der Waals surface area contributed by atoms with E-state index in [1.165, 1.54) is 11.3 Å². The number of nitrogens with zero attached hydrogens (tertiary/aromatic N) is 1. The Labute approximate surface area is 89.6 Å². The number of amides is 1. The van der Waals surface area contributed by atoms with E-state index in [2.05, 4.69) is 10.3 Å². The van der Waals surface area contributed by atoms with Gasteiger partial charge in [0.05, 0.1) is 11.6 Å². The van der Waals surface area contributed by atoms with Gasteiger partial charge in [-0.3, -0.25) is 4.79 Å². The number of aryl methyl sites for hydroxylation is 1. The van der Waals surface area contributed by atoms with Crippen LogP contribution in [0.3, 0.4) is 0 Å². The zero-order chi connectivity index (χ0) is 11.4. The van der Waals surface area contributed by atoms with Gasteiger partial charge < -0.3 is 15.5 Å². The van der Waals surface area contributed by atoms with Crippen molar-refractivity contribution < 1.29 is 19.8 Å². The number of rotatable bonds is 4. The number of hydrogen-bond donors (Lipinski definition) is 3. The zero-order valence-electron chi connectivity index (χ0n) is 7.93. The van der Waals surface area contributed by atoms with E-state index < -0.39 is 18.0 Å². The maximum atomic E-state index is 11.3. The third-order valence-corrected chi connectivity index (χ3v) is 2.37. The fraction of sp³-hybridized carbons (Fsp3) is 0.375. The first-order chi connectivity index (χ1) is 7.00. The fourth-order valence-electron chi connectivity index (χ4n) is 0.835. The number of aromatic nitrogens is 1. The van der Waals surface area contributed by atoms with Crippen molar-refractivity contribution in [3.63, 3.8) is 0 Å². The van der Waals surface area contributed by atoms with Crippen LogP contribution in [0.4, 0.5) is 0 Å². The minimum Gasteiger partial charge on any atom is -0.479 e. The van der Waals surface area contributed by atoms with Crippen LogP contribution in [0.15, 0.2) is 5.38 Å². The Hall–Kier alpha value is -1.47. The second-order valence-electron chi connectivity index (χ2n) is 2.82. The number of carbonyl (C=O) groups excluding carboxylic acids is 1. The number of aliphatic hydroxyl groups is 1. The van der Waals surface area contributed by atoms with Crippen molar-refractivity contribution in [3.05, 3.63) is 16.1 Å². The number of hydrogen-bond acceptors (Lipinski definition) is 5. The summed E-state index contributed by atoms with van der Waals surface area (Å²) in [6, 6.07) is 0. The lowest BCUT2D eigenvalue weighted by Gasteiger charge is -2.05. The molecule has 1 rings (SSSR count). The normalized spacial score (nSPS) is 12.1. The van der Waals surface area contributed by atoms with Crippen LogP contribution in [0, 0.1) is 6.92 Å². The molecule has 3 N–H and O–H groups in total. The molecule has 0 spiro atoms. The number of thiazole rings is 1. The molecule has 82 valence electrons. The van der Waals surface area contributed by atoms with Gasteiger partial charge in [-0.25, -0.2) is 9.78 Å². The molecule has 0 aliphatic rings. The highest BCUT2D eigenvalue weighted by Crippen LogP contribution is 2.07. The number of nitrogens with one attached hydrogen (secondary N) is 1. The Morgan fingerprint density at radius 3 is 2.80 bits per heavy atom. The highest BCUT2D eigenvalue weighted by molar-refractivity contribution is 7.09. The van der Waals surface area contributed by atoms with E-state index in [9.17, 15) is 9.59 Å². The first kappa shape index (κ1) is 11.6. The molecular formula is C8H10N2O4S. The molecule has 1 aromatic rings. The second kappa shape index (κ2) is 4.85. The molecule has 1 aromatic heterocycles. The zero-order valence-corrected chi connectivity index (χ0v) is 8.74. The average molecular weight is 230 g/mol. The molecule has 1 amide bonds. The maximum absolute atomic E-state index is 11.3. The van der Waals surface area contributed by atoms with Crippen molar-refractivity contribution in [2.24, 2.45) is 0 Å². The van der Waals surface area contributed by atoms with Gasteiger partial charge in [0.1, 0.15) is 5.69 Å². The highest BCUT2D eigenvalue weighted by Gasteiger charge is 2.15. The third kappa shape index (κ3) is 3.30. The highest BCUT2D eigenvalue weighted by atomic mass is 32.1. The molecule has 1 heterocycles. The van der Waals surface area contributed by atoms with Crippen molar-refractivity contribution >= 4 is 23.2 Å². The first-order valence-electron chi connectivity index (χ1n) is 4.12. The lowest BCUT2D eigenvalue weighted by atomic mass is 10.3. The molecule has 0 radical (unpaired) electrons. The van der Waals surface area contributed by atoms with Crippen LogP contribution in [0.25, 0.3) is 0 Å². The van der Waals surface area contributed by atoms with Crippen LogP contribution in [-0.4, -0.2) is 39.7 Å². The Balaban J connectivity index is 2.47. The van der Waals surface area contributed by atoms with Crippen LogP contribution < -0.4 is 5.32 Å². The molecule has 0 saturated carbocycles. The number of carboxylic acids is 1. The van der Waals surface area contributed by atoms with Gasteiger partial charge in [-0.15, -0.1) is 11.3 Å². The molecule has 1 atom stereocenters. The van der Waals surface area contributed by atoms with Gasteiger partial charge in [0.25, 0.3) is 5.91 Å². The largest absolute Gasteiger partial charge is 0.479 e. The molecule has 7 heteroatoms. The quantitative estimate of drug-likeness (QED) is 0.655. The van der Waals surface area contributed by atoms with Gasteiger partial charge in [0, 0.05) is 5.38 Å². The lowest BCUT2D eigenvalue weighted by molar-refractivity contribution is -0.146. The predicted molar refractivity (Wildman–Crippen MR) is 52.8 cm³/mol. The SMILES string of the molecule is Cc1nc(C(=O)NCC(O)C(=O)O)cs1. The summed E-state index contributed by atoms with van der Waals surface area (Å²) in [6.07, 6.45) is -1.59. The summed E-state index contributed by atoms with van der Waals surface area (Å²) in [5, 5.41) is 21.8. The standard InChI is InChI=1S/C8H10N2O4S/c1-4-10-5(3-15-4)7(12)9-2-6(11)8(13)14/h3,6,11H,2H2,1H3,(H,9,12)(H,13,14). The van der Waals surface area contributed by atoms with E-state index >= 15 is 0 Å². The van der Waals surface area contributed by atoms with Crippen molar-refractivity contribution in [1.82, 2.24) is 10.3 Å². The summed E-state index contributed by atoms with van der Waals surface area (Å²) in [7, 11) is 0. The molecular weight excluding hydrogens is 220 g/mol. The molecule has 0 aromatic carbocycles. The summed E-state index contributed by atoms with van der Waals surface area (Å²) in [5.41, 5.74) is 0.232. The van der Waals surface area contributed by atoms with Gasteiger partial charge in [-0.2, -0.15) is 0 Å². The number of carbonyl (C=O) groups is 2. The second-order valence-corrected chi connectivity index (χ2v) is 3.88. The lowest BCUT2D eigenvalue weighted by Crippen LogP contribution is -2.36. The van der Waals surface area contributed by atoms with Crippen LogP contribution in [0.1, 0.15) is 15.5 Å². The molecule has 0 aliphatic heterocycles. The van der Waals surface area contributed by atoms with Crippen LogP contribution in [0.2, 0.25) is 0 Å². The van der Waals surface area contributed by atoms with Gasteiger partial charge in [-0.05, 0) is 6.92 Å². The first-order valence-corrected chi connectivity index (χ1v) is 5.00. The Morgan fingerprint density at radius 1 is 1.67 bits per heavy atom. The average Bonchev–Trinajstić information content (AvgIpc) is 2.60. The number of aliphatic hydroxyl groups excluding tert-OH is 1. The van der Waals surface area contributed by atoms with Gasteiger partial charge in [0.15, 0.2) is 6.10 Å². The van der Waals surface area contributed by atoms with E-state index in [-0.39, 0.29) is 12.2 Å². The Kier molecular flexibility index (Phi) is 3.75. The van der Waals surface area contributed by atoms with Crippen LogP contribution in [0.5, 0.6) is 0 Å². The third-order valence-electron chi connectivity index (χ3n) is 1.59. The smallest absolute Gasteiger partial charge is 0.334 e. The van der Waals surface area contributed by atoms with Crippen LogP contribution in [-0.2, 0) is 4.79 Å². The van der Waals surface area contributed by atoms with E-state index in [1.54, 1.807) is 12.3 Å². The predicted octanol–water partition coefficient (Wildman–Crippen LogP) is -0.373. The molecule has 6 nitrogen and oxygen atoms in total. The Morgan fingerprint density at radius 2 is 2.33 bits per heavy atom. The Bertz CT molecular complexity index is 376. The van der Waals surface area contributed by atoms with Crippen LogP contribution >= 0.6 is 11.3 Å². The minimum atomic E-state index is -1.59. The van der Waals surface area contributed by atoms with Crippen molar-refractivity contribution in [2.75, 3.05) is 6.54 Å². The molecule has 1 unspecified atom stereocenters. The van der Waals surface area contributed by atoms with Crippen molar-refractivity contribution in [3.8, 4) is 0 Å². The van der Waals surface area contributed by atoms with E-state index in [0.29, 0.717) is 0 Å². The van der Waals surface area contributed by atoms with E-state index in [0.717, 1.165) is 5.01 Å². The molecule has 15 heavy (non-hydrogen) atoms. The summed E-state index contributed by atoms with van der Waals surface area (Å²) < 4.78 is 0. The van der Waals surface area contributed by atoms with Gasteiger partial charge >= 0.3 is 5.97 Å². The summed E-state index contributed by atoms with van der Waals surface area (Å²) >= 11 is 1.32. The van der Waals surface area contributed by atoms with Crippen molar-refractivity contribution in [2.45, 2.75) is 13.0 Å². The fourth-order valence-corrected chi connectivity index (χ4v) is 1.43. The van der Waals surface area contributed by atoms with Gasteiger partial charge in [0.2, 0.25) is 0 Å². The minimum absolute atomic E-state index is 0.232. The molecule has 0 fully saturated rings. The summed E-state index contributed by atoms with van der Waals surface area (Å²) in [6.45, 7) is 1.43. The summed E-state index contributed by atoms with van der Waals surface area (Å²) in [5.74, 6) is -1.86. The maximum Gasteiger partial charge on any atom is 0.334 e. The monoisotopic (exact) mass is 230 g/mol. The van der Waals surface area contributed by atoms with Crippen molar-refractivity contribution in [1.29, 1.82) is 0 Å². The molecule has 0 saturated heterocycles. The van der Waals surface area contributed by atoms with Gasteiger partial charge in [-0.1, -0.05) is 0 Å². The number of carboxylic acid groups (broad SMARTS) is 1. The number of aliphatic carboxylic acids is 1. The van der Waals surface area contributed by atoms with E-state index in [1.807, 2.05) is 0 Å².